The topological polar surface area (TPSA) is 80.1 Å². The zero-order valence-corrected chi connectivity index (χ0v) is 13.6. The highest BCUT2D eigenvalue weighted by atomic mass is 32.2. The van der Waals surface area contributed by atoms with Crippen LogP contribution in [0.2, 0.25) is 0 Å². The standard InChI is InChI=1S/C15H19N5O2S/c21-23(22,16-10-15-18-17-14-6-3-8-20(14)15)19-9-7-12-4-1-2-5-13(12)11-19/h1-2,4-5,16H,3,6-11H2. The summed E-state index contributed by atoms with van der Waals surface area (Å²) in [6.45, 7) is 1.98. The van der Waals surface area contributed by atoms with Crippen molar-refractivity contribution in [3.05, 3.63) is 47.0 Å². The molecule has 2 aromatic rings. The van der Waals surface area contributed by atoms with Crippen LogP contribution >= 0.6 is 0 Å². The fourth-order valence-electron chi connectivity index (χ4n) is 3.26. The highest BCUT2D eigenvalue weighted by Crippen LogP contribution is 2.20. The van der Waals surface area contributed by atoms with E-state index in [0.29, 0.717) is 18.9 Å². The molecular formula is C15H19N5O2S. The maximum atomic E-state index is 12.5. The fraction of sp³-hybridized carbons (Fsp3) is 0.467. The number of fused-ring (bicyclic) bond motifs is 2. The highest BCUT2D eigenvalue weighted by molar-refractivity contribution is 7.87. The molecule has 1 N–H and O–H groups in total. The SMILES string of the molecule is O=S(=O)(NCc1nnc2n1CCC2)N1CCc2ccccc2C1. The summed E-state index contributed by atoms with van der Waals surface area (Å²) in [6, 6.07) is 7.99. The Morgan fingerprint density at radius 1 is 1.09 bits per heavy atom. The third-order valence-electron chi connectivity index (χ3n) is 4.53. The monoisotopic (exact) mass is 333 g/mol. The molecule has 0 bridgehead atoms. The second-order valence-corrected chi connectivity index (χ2v) is 7.72. The third kappa shape index (κ3) is 2.77. The van der Waals surface area contributed by atoms with Crippen LogP contribution in [0.25, 0.3) is 0 Å². The minimum absolute atomic E-state index is 0.188. The van der Waals surface area contributed by atoms with Gasteiger partial charge in [0.15, 0.2) is 0 Å². The van der Waals surface area contributed by atoms with Gasteiger partial charge in [0.25, 0.3) is 10.2 Å². The number of rotatable bonds is 4. The summed E-state index contributed by atoms with van der Waals surface area (Å²) < 4.78 is 31.3. The normalized spacial score (nSPS) is 17.9. The smallest absolute Gasteiger partial charge is 0.280 e. The van der Waals surface area contributed by atoms with Gasteiger partial charge in [-0.15, -0.1) is 10.2 Å². The van der Waals surface area contributed by atoms with Crippen LogP contribution in [0.4, 0.5) is 0 Å². The van der Waals surface area contributed by atoms with E-state index in [1.54, 1.807) is 0 Å². The van der Waals surface area contributed by atoms with Crippen LogP contribution in [-0.2, 0) is 42.7 Å². The van der Waals surface area contributed by atoms with Crippen molar-refractivity contribution in [3.63, 3.8) is 0 Å². The predicted molar refractivity (Wildman–Crippen MR) is 84.7 cm³/mol. The van der Waals surface area contributed by atoms with Gasteiger partial charge < -0.3 is 4.57 Å². The lowest BCUT2D eigenvalue weighted by Gasteiger charge is -2.28. The summed E-state index contributed by atoms with van der Waals surface area (Å²) in [6.07, 6.45) is 2.72. The molecule has 0 saturated heterocycles. The molecule has 0 radical (unpaired) electrons. The van der Waals surface area contributed by atoms with Crippen LogP contribution < -0.4 is 4.72 Å². The summed E-state index contributed by atoms with van der Waals surface area (Å²) >= 11 is 0. The second kappa shape index (κ2) is 5.70. The van der Waals surface area contributed by atoms with Gasteiger partial charge in [-0.3, -0.25) is 0 Å². The Labute approximate surface area is 135 Å². The molecule has 0 amide bonds. The summed E-state index contributed by atoms with van der Waals surface area (Å²) in [5, 5.41) is 8.19. The van der Waals surface area contributed by atoms with Gasteiger partial charge in [0.1, 0.15) is 11.6 Å². The molecule has 0 atom stereocenters. The van der Waals surface area contributed by atoms with E-state index in [9.17, 15) is 8.42 Å². The quantitative estimate of drug-likeness (QED) is 0.889. The molecule has 23 heavy (non-hydrogen) atoms. The number of hydrogen-bond acceptors (Lipinski definition) is 4. The number of benzene rings is 1. The van der Waals surface area contributed by atoms with Gasteiger partial charge in [-0.05, 0) is 24.0 Å². The number of aromatic nitrogens is 3. The molecule has 2 aliphatic heterocycles. The molecule has 0 aliphatic carbocycles. The summed E-state index contributed by atoms with van der Waals surface area (Å²) in [5.41, 5.74) is 2.31. The molecule has 8 heteroatoms. The molecule has 4 rings (SSSR count). The Morgan fingerprint density at radius 3 is 2.78 bits per heavy atom. The Balaban J connectivity index is 1.46. The van der Waals surface area contributed by atoms with Gasteiger partial charge in [-0.2, -0.15) is 17.4 Å². The van der Waals surface area contributed by atoms with Crippen molar-refractivity contribution in [2.75, 3.05) is 6.54 Å². The Hall–Kier alpha value is -1.77. The molecule has 1 aromatic heterocycles. The maximum Gasteiger partial charge on any atom is 0.280 e. The molecular weight excluding hydrogens is 314 g/mol. The van der Waals surface area contributed by atoms with Crippen LogP contribution in [-0.4, -0.2) is 34.0 Å². The van der Waals surface area contributed by atoms with E-state index in [1.165, 1.54) is 9.87 Å². The number of nitrogens with one attached hydrogen (secondary N) is 1. The highest BCUT2D eigenvalue weighted by Gasteiger charge is 2.27. The van der Waals surface area contributed by atoms with Crippen LogP contribution in [0.5, 0.6) is 0 Å². The van der Waals surface area contributed by atoms with Crippen molar-refractivity contribution in [2.45, 2.75) is 38.9 Å². The third-order valence-corrected chi connectivity index (χ3v) is 6.03. The van der Waals surface area contributed by atoms with Crippen molar-refractivity contribution in [1.82, 2.24) is 23.8 Å². The lowest BCUT2D eigenvalue weighted by molar-refractivity contribution is 0.383. The van der Waals surface area contributed by atoms with Gasteiger partial charge in [0, 0.05) is 26.1 Å². The minimum atomic E-state index is -3.52. The van der Waals surface area contributed by atoms with E-state index in [1.807, 2.05) is 22.8 Å². The van der Waals surface area contributed by atoms with Crippen molar-refractivity contribution >= 4 is 10.2 Å². The molecule has 122 valence electrons. The number of nitrogens with zero attached hydrogens (tertiary/aromatic N) is 4. The first kappa shape index (κ1) is 14.8. The summed E-state index contributed by atoms with van der Waals surface area (Å²) in [4.78, 5) is 0. The molecule has 2 aliphatic rings. The second-order valence-electron chi connectivity index (χ2n) is 5.97. The minimum Gasteiger partial charge on any atom is -0.314 e. The molecule has 7 nitrogen and oxygen atoms in total. The number of aryl methyl sites for hydroxylation is 1. The average Bonchev–Trinajstić information content (AvgIpc) is 3.16. The zero-order chi connectivity index (χ0) is 15.9. The van der Waals surface area contributed by atoms with Crippen LogP contribution in [0.3, 0.4) is 0 Å². The molecule has 0 spiro atoms. The summed E-state index contributed by atoms with van der Waals surface area (Å²) in [5.74, 6) is 1.64. The van der Waals surface area contributed by atoms with Crippen molar-refractivity contribution < 1.29 is 8.42 Å². The van der Waals surface area contributed by atoms with Crippen molar-refractivity contribution in [3.8, 4) is 0 Å². The molecule has 1 aromatic carbocycles. The Morgan fingerprint density at radius 2 is 1.91 bits per heavy atom. The lowest BCUT2D eigenvalue weighted by atomic mass is 10.0. The van der Waals surface area contributed by atoms with Crippen LogP contribution in [0.15, 0.2) is 24.3 Å². The van der Waals surface area contributed by atoms with Crippen molar-refractivity contribution in [2.24, 2.45) is 0 Å². The van der Waals surface area contributed by atoms with E-state index in [-0.39, 0.29) is 6.54 Å². The maximum absolute atomic E-state index is 12.5. The van der Waals surface area contributed by atoms with E-state index < -0.39 is 10.2 Å². The van der Waals surface area contributed by atoms with Crippen LogP contribution in [0, 0.1) is 0 Å². The first-order valence-corrected chi connectivity index (χ1v) is 9.30. The molecule has 3 heterocycles. The van der Waals surface area contributed by atoms with Gasteiger partial charge in [0.05, 0.1) is 6.54 Å². The van der Waals surface area contributed by atoms with E-state index >= 15 is 0 Å². The van der Waals surface area contributed by atoms with Gasteiger partial charge in [-0.1, -0.05) is 24.3 Å². The van der Waals surface area contributed by atoms with E-state index in [4.69, 9.17) is 0 Å². The van der Waals surface area contributed by atoms with Gasteiger partial charge >= 0.3 is 0 Å². The van der Waals surface area contributed by atoms with Gasteiger partial charge in [0.2, 0.25) is 0 Å². The largest absolute Gasteiger partial charge is 0.314 e. The zero-order valence-electron chi connectivity index (χ0n) is 12.8. The fourth-order valence-corrected chi connectivity index (χ4v) is 4.40. The first-order valence-electron chi connectivity index (χ1n) is 7.86. The average molecular weight is 333 g/mol. The summed E-state index contributed by atoms with van der Waals surface area (Å²) in [7, 11) is -3.52. The van der Waals surface area contributed by atoms with Crippen LogP contribution in [0.1, 0.15) is 29.2 Å². The van der Waals surface area contributed by atoms with E-state index in [2.05, 4.69) is 21.0 Å². The van der Waals surface area contributed by atoms with Crippen molar-refractivity contribution in [1.29, 1.82) is 0 Å². The Kier molecular flexibility index (Phi) is 3.67. The molecule has 0 saturated carbocycles. The van der Waals surface area contributed by atoms with Gasteiger partial charge in [-0.25, -0.2) is 0 Å². The molecule has 0 fully saturated rings. The Bertz CT molecular complexity index is 830. The lowest BCUT2D eigenvalue weighted by Crippen LogP contribution is -2.43. The predicted octanol–water partition coefficient (Wildman–Crippen LogP) is 0.617. The molecule has 0 unspecified atom stereocenters. The van der Waals surface area contributed by atoms with E-state index in [0.717, 1.165) is 37.2 Å². The number of hydrogen-bond donors (Lipinski definition) is 1. The first-order chi connectivity index (χ1) is 11.1.